The van der Waals surface area contributed by atoms with Crippen LogP contribution in [0.5, 0.6) is 0 Å². The Morgan fingerprint density at radius 2 is 0.703 bits per heavy atom. The van der Waals surface area contributed by atoms with Gasteiger partial charge >= 0.3 is 0 Å². The Hall–Kier alpha value is -8.46. The van der Waals surface area contributed by atoms with Gasteiger partial charge in [-0.25, -0.2) is 0 Å². The molecule has 0 aliphatic rings. The molecule has 0 spiro atoms. The van der Waals surface area contributed by atoms with Crippen molar-refractivity contribution in [2.75, 3.05) is 4.90 Å². The van der Waals surface area contributed by atoms with Crippen molar-refractivity contribution in [3.05, 3.63) is 255 Å². The highest BCUT2D eigenvalue weighted by molar-refractivity contribution is 6.12. The molecular formula is C62H42N2. The maximum absolute atomic E-state index is 2.50. The summed E-state index contributed by atoms with van der Waals surface area (Å²) < 4.78 is 2.50. The van der Waals surface area contributed by atoms with Crippen molar-refractivity contribution in [1.82, 2.24) is 4.57 Å². The maximum Gasteiger partial charge on any atom is 0.0618 e. The Balaban J connectivity index is 0.979. The topological polar surface area (TPSA) is 8.17 Å². The minimum Gasteiger partial charge on any atom is -0.309 e. The molecule has 300 valence electrons. The Labute approximate surface area is 373 Å². The average Bonchev–Trinajstić information content (AvgIpc) is 3.70. The van der Waals surface area contributed by atoms with E-state index in [1.807, 2.05) is 0 Å². The van der Waals surface area contributed by atoms with Crippen LogP contribution in [0.3, 0.4) is 0 Å². The standard InChI is InChI=1S/C62H42N2/c1-3-17-47(18-4-1)54-30-16-31-55(48-19-5-2-6-20-48)62(54)64-60-32-12-11-29-56(60)57-40-39-50(42-61(57)64)44-37-35-43(36-38-44)49-25-13-26-51(41-49)63(58-33-14-23-45-21-7-9-27-52(45)58)59-34-15-24-46-22-8-10-28-53(46)59/h1-42H. The van der Waals surface area contributed by atoms with Crippen LogP contribution >= 0.6 is 0 Å². The molecule has 0 fully saturated rings. The molecular weight excluding hydrogens is 773 g/mol. The molecule has 0 N–H and O–H groups in total. The molecule has 12 rings (SSSR count). The second-order valence-corrected chi connectivity index (χ2v) is 16.5. The first kappa shape index (κ1) is 37.3. The van der Waals surface area contributed by atoms with Gasteiger partial charge in [0.15, 0.2) is 0 Å². The first-order valence-electron chi connectivity index (χ1n) is 22.0. The van der Waals surface area contributed by atoms with Crippen LogP contribution < -0.4 is 4.90 Å². The summed E-state index contributed by atoms with van der Waals surface area (Å²) in [5.41, 5.74) is 16.4. The molecule has 0 aliphatic heterocycles. The average molecular weight is 815 g/mol. The molecule has 0 radical (unpaired) electrons. The summed E-state index contributed by atoms with van der Waals surface area (Å²) in [7, 11) is 0. The fourth-order valence-electron chi connectivity index (χ4n) is 9.77. The first-order chi connectivity index (χ1) is 31.8. The third kappa shape index (κ3) is 6.44. The quantitative estimate of drug-likeness (QED) is 0.148. The predicted molar refractivity (Wildman–Crippen MR) is 272 cm³/mol. The molecule has 12 aromatic rings. The van der Waals surface area contributed by atoms with Crippen molar-refractivity contribution in [2.24, 2.45) is 0 Å². The molecule has 0 saturated carbocycles. The Morgan fingerprint density at radius 3 is 1.31 bits per heavy atom. The molecule has 0 amide bonds. The molecule has 2 heteroatoms. The van der Waals surface area contributed by atoms with E-state index in [0.717, 1.165) is 22.6 Å². The monoisotopic (exact) mass is 814 g/mol. The van der Waals surface area contributed by atoms with E-state index in [9.17, 15) is 0 Å². The van der Waals surface area contributed by atoms with Gasteiger partial charge in [-0.2, -0.15) is 0 Å². The van der Waals surface area contributed by atoms with Gasteiger partial charge < -0.3 is 9.47 Å². The smallest absolute Gasteiger partial charge is 0.0618 e. The number of benzene rings is 11. The van der Waals surface area contributed by atoms with E-state index in [-0.39, 0.29) is 0 Å². The lowest BCUT2D eigenvalue weighted by molar-refractivity contribution is 1.18. The van der Waals surface area contributed by atoms with Crippen LogP contribution in [0.1, 0.15) is 0 Å². The minimum absolute atomic E-state index is 1.11. The zero-order chi connectivity index (χ0) is 42.4. The van der Waals surface area contributed by atoms with Crippen LogP contribution in [0, 0.1) is 0 Å². The zero-order valence-electron chi connectivity index (χ0n) is 35.1. The van der Waals surface area contributed by atoms with Gasteiger partial charge in [0.2, 0.25) is 0 Å². The number of para-hydroxylation sites is 2. The molecule has 1 aromatic heterocycles. The summed E-state index contributed by atoms with van der Waals surface area (Å²) in [6.45, 7) is 0. The van der Waals surface area contributed by atoms with Gasteiger partial charge in [0.1, 0.15) is 0 Å². The van der Waals surface area contributed by atoms with E-state index in [2.05, 4.69) is 264 Å². The van der Waals surface area contributed by atoms with Gasteiger partial charge in [0.25, 0.3) is 0 Å². The van der Waals surface area contributed by atoms with E-state index >= 15 is 0 Å². The molecule has 0 atom stereocenters. The fraction of sp³-hybridized carbons (Fsp3) is 0. The van der Waals surface area contributed by atoms with E-state index in [4.69, 9.17) is 0 Å². The van der Waals surface area contributed by atoms with E-state index in [1.165, 1.54) is 88.0 Å². The second-order valence-electron chi connectivity index (χ2n) is 16.5. The molecule has 2 nitrogen and oxygen atoms in total. The number of hydrogen-bond acceptors (Lipinski definition) is 1. The molecule has 0 unspecified atom stereocenters. The lowest BCUT2D eigenvalue weighted by Crippen LogP contribution is -2.11. The Morgan fingerprint density at radius 1 is 0.266 bits per heavy atom. The summed E-state index contributed by atoms with van der Waals surface area (Å²) in [5, 5.41) is 7.33. The van der Waals surface area contributed by atoms with Crippen molar-refractivity contribution in [1.29, 1.82) is 0 Å². The number of rotatable bonds is 8. The lowest BCUT2D eigenvalue weighted by Gasteiger charge is -2.28. The molecule has 0 bridgehead atoms. The van der Waals surface area contributed by atoms with Crippen molar-refractivity contribution in [3.63, 3.8) is 0 Å². The molecule has 1 heterocycles. The summed E-state index contributed by atoms with van der Waals surface area (Å²) in [4.78, 5) is 2.43. The Kier molecular flexibility index (Phi) is 9.20. The van der Waals surface area contributed by atoms with Crippen molar-refractivity contribution in [2.45, 2.75) is 0 Å². The highest BCUT2D eigenvalue weighted by atomic mass is 15.1. The van der Waals surface area contributed by atoms with Crippen LogP contribution in [0.25, 0.3) is 93.5 Å². The largest absolute Gasteiger partial charge is 0.309 e. The van der Waals surface area contributed by atoms with Crippen LogP contribution in [-0.4, -0.2) is 4.57 Å². The normalized spacial score (nSPS) is 11.4. The van der Waals surface area contributed by atoms with Crippen LogP contribution in [0.15, 0.2) is 255 Å². The highest BCUT2D eigenvalue weighted by Crippen LogP contribution is 2.45. The SMILES string of the molecule is c1ccc(-c2cccc(-c3ccccc3)c2-n2c3ccccc3c3ccc(-c4ccc(-c5cccc(N(c6cccc7ccccc67)c6cccc7ccccc67)c5)cc4)cc32)cc1. The van der Waals surface area contributed by atoms with Crippen LogP contribution in [0.4, 0.5) is 17.1 Å². The highest BCUT2D eigenvalue weighted by Gasteiger charge is 2.21. The summed E-state index contributed by atoms with van der Waals surface area (Å²) in [6, 6.07) is 92.7. The van der Waals surface area contributed by atoms with Crippen molar-refractivity contribution >= 4 is 60.4 Å². The van der Waals surface area contributed by atoms with Gasteiger partial charge in [-0.05, 0) is 80.6 Å². The third-order valence-electron chi connectivity index (χ3n) is 12.8. The maximum atomic E-state index is 2.50. The first-order valence-corrected chi connectivity index (χ1v) is 22.0. The van der Waals surface area contributed by atoms with E-state index < -0.39 is 0 Å². The van der Waals surface area contributed by atoms with Gasteiger partial charge in [-0.3, -0.25) is 0 Å². The number of anilines is 3. The van der Waals surface area contributed by atoms with E-state index in [1.54, 1.807) is 0 Å². The summed E-state index contributed by atoms with van der Waals surface area (Å²) in [5.74, 6) is 0. The van der Waals surface area contributed by atoms with Crippen molar-refractivity contribution in [3.8, 4) is 50.2 Å². The third-order valence-corrected chi connectivity index (χ3v) is 12.8. The minimum atomic E-state index is 1.11. The van der Waals surface area contributed by atoms with Crippen molar-refractivity contribution < 1.29 is 0 Å². The second kappa shape index (κ2) is 15.8. The van der Waals surface area contributed by atoms with Gasteiger partial charge in [0.05, 0.1) is 28.1 Å². The number of fused-ring (bicyclic) bond motifs is 5. The number of nitrogens with zero attached hydrogens (tertiary/aromatic N) is 2. The summed E-state index contributed by atoms with van der Waals surface area (Å²) >= 11 is 0. The van der Waals surface area contributed by atoms with Gasteiger partial charge in [0, 0.05) is 38.4 Å². The molecule has 11 aromatic carbocycles. The summed E-state index contributed by atoms with van der Waals surface area (Å²) in [6.07, 6.45) is 0. The Bertz CT molecular complexity index is 3510. The molecule has 0 saturated heterocycles. The molecule has 64 heavy (non-hydrogen) atoms. The van der Waals surface area contributed by atoms with Gasteiger partial charge in [-0.15, -0.1) is 0 Å². The molecule has 0 aliphatic carbocycles. The fourth-order valence-corrected chi connectivity index (χ4v) is 9.77. The number of hydrogen-bond donors (Lipinski definition) is 0. The number of aromatic nitrogens is 1. The van der Waals surface area contributed by atoms with Gasteiger partial charge in [-0.1, -0.05) is 218 Å². The van der Waals surface area contributed by atoms with Crippen LogP contribution in [-0.2, 0) is 0 Å². The lowest BCUT2D eigenvalue weighted by atomic mass is 9.95. The van der Waals surface area contributed by atoms with E-state index in [0.29, 0.717) is 0 Å². The predicted octanol–water partition coefficient (Wildman–Crippen LogP) is 17.2. The van der Waals surface area contributed by atoms with Crippen LogP contribution in [0.2, 0.25) is 0 Å². The zero-order valence-corrected chi connectivity index (χ0v) is 35.1.